The van der Waals surface area contributed by atoms with E-state index in [4.69, 9.17) is 4.74 Å². The molecule has 6 nitrogen and oxygen atoms in total. The number of benzene rings is 2. The van der Waals surface area contributed by atoms with Crippen LogP contribution in [0.2, 0.25) is 0 Å². The molecule has 0 saturated carbocycles. The SMILES string of the molecule is CCC(=O)N(Cc1ccccc1)C(C(=O)NCCN1CCOCC1)c1ccccc1. The smallest absolute Gasteiger partial charge is 0.247 e. The monoisotopic (exact) mass is 409 g/mol. The number of carbonyl (C=O) groups is 2. The van der Waals surface area contributed by atoms with Crippen LogP contribution in [0.5, 0.6) is 0 Å². The van der Waals surface area contributed by atoms with E-state index in [0.717, 1.165) is 44.0 Å². The van der Waals surface area contributed by atoms with Gasteiger partial charge < -0.3 is 15.0 Å². The van der Waals surface area contributed by atoms with Crippen LogP contribution in [0.15, 0.2) is 60.7 Å². The molecule has 2 aromatic rings. The Morgan fingerprint density at radius 2 is 1.67 bits per heavy atom. The van der Waals surface area contributed by atoms with Crippen molar-refractivity contribution in [3.63, 3.8) is 0 Å². The Labute approximate surface area is 178 Å². The van der Waals surface area contributed by atoms with Crippen LogP contribution in [0.4, 0.5) is 0 Å². The second-order valence-corrected chi connectivity index (χ2v) is 7.42. The number of hydrogen-bond donors (Lipinski definition) is 1. The summed E-state index contributed by atoms with van der Waals surface area (Å²) >= 11 is 0. The number of nitrogens with zero attached hydrogens (tertiary/aromatic N) is 2. The number of amides is 2. The lowest BCUT2D eigenvalue weighted by molar-refractivity contribution is -0.141. The number of rotatable bonds is 9. The number of carbonyl (C=O) groups excluding carboxylic acids is 2. The van der Waals surface area contributed by atoms with Gasteiger partial charge in [0.15, 0.2) is 0 Å². The van der Waals surface area contributed by atoms with Gasteiger partial charge in [-0.15, -0.1) is 0 Å². The lowest BCUT2D eigenvalue weighted by atomic mass is 10.0. The summed E-state index contributed by atoms with van der Waals surface area (Å²) in [6, 6.07) is 18.7. The van der Waals surface area contributed by atoms with Crippen LogP contribution in [0.25, 0.3) is 0 Å². The fourth-order valence-electron chi connectivity index (χ4n) is 3.67. The molecule has 1 aliphatic heterocycles. The maximum absolute atomic E-state index is 13.3. The van der Waals surface area contributed by atoms with Crippen molar-refractivity contribution < 1.29 is 14.3 Å². The zero-order valence-electron chi connectivity index (χ0n) is 17.6. The summed E-state index contributed by atoms with van der Waals surface area (Å²) in [5.41, 5.74) is 1.82. The first kappa shape index (κ1) is 22.0. The van der Waals surface area contributed by atoms with Crippen molar-refractivity contribution >= 4 is 11.8 Å². The maximum Gasteiger partial charge on any atom is 0.247 e. The second-order valence-electron chi connectivity index (χ2n) is 7.42. The largest absolute Gasteiger partial charge is 0.379 e. The molecule has 1 atom stereocenters. The van der Waals surface area contributed by atoms with Gasteiger partial charge in [-0.2, -0.15) is 0 Å². The van der Waals surface area contributed by atoms with Gasteiger partial charge in [0.1, 0.15) is 6.04 Å². The molecule has 2 aromatic carbocycles. The van der Waals surface area contributed by atoms with Gasteiger partial charge in [0, 0.05) is 39.1 Å². The molecule has 3 rings (SSSR count). The molecule has 1 fully saturated rings. The Bertz CT molecular complexity index is 792. The molecule has 1 heterocycles. The van der Waals surface area contributed by atoms with E-state index in [1.54, 1.807) is 4.90 Å². The summed E-state index contributed by atoms with van der Waals surface area (Å²) in [7, 11) is 0. The number of nitrogens with one attached hydrogen (secondary N) is 1. The average Bonchev–Trinajstić information content (AvgIpc) is 2.80. The first-order valence-corrected chi connectivity index (χ1v) is 10.6. The number of morpholine rings is 1. The van der Waals surface area contributed by atoms with Crippen molar-refractivity contribution in [2.24, 2.45) is 0 Å². The molecule has 30 heavy (non-hydrogen) atoms. The highest BCUT2D eigenvalue weighted by molar-refractivity contribution is 5.88. The van der Waals surface area contributed by atoms with E-state index < -0.39 is 6.04 Å². The van der Waals surface area contributed by atoms with Crippen molar-refractivity contribution in [3.8, 4) is 0 Å². The lowest BCUT2D eigenvalue weighted by Crippen LogP contribution is -2.46. The molecular formula is C24H31N3O3. The highest BCUT2D eigenvalue weighted by atomic mass is 16.5. The summed E-state index contributed by atoms with van der Waals surface area (Å²) in [6.45, 7) is 6.77. The molecule has 1 N–H and O–H groups in total. The first-order chi connectivity index (χ1) is 14.7. The van der Waals surface area contributed by atoms with E-state index >= 15 is 0 Å². The van der Waals surface area contributed by atoms with Crippen LogP contribution >= 0.6 is 0 Å². The van der Waals surface area contributed by atoms with Crippen LogP contribution < -0.4 is 5.32 Å². The third kappa shape index (κ3) is 6.15. The quantitative estimate of drug-likeness (QED) is 0.692. The summed E-state index contributed by atoms with van der Waals surface area (Å²) in [4.78, 5) is 30.1. The van der Waals surface area contributed by atoms with Crippen molar-refractivity contribution in [3.05, 3.63) is 71.8 Å². The molecule has 2 amide bonds. The Kier molecular flexibility index (Phi) is 8.41. The molecule has 6 heteroatoms. The molecule has 0 aliphatic carbocycles. The van der Waals surface area contributed by atoms with E-state index in [9.17, 15) is 9.59 Å². The standard InChI is InChI=1S/C24H31N3O3/c1-2-22(28)27(19-20-9-5-3-6-10-20)23(21-11-7-4-8-12-21)24(29)25-13-14-26-15-17-30-18-16-26/h3-12,23H,2,13-19H2,1H3,(H,25,29). The van der Waals surface area contributed by atoms with E-state index in [2.05, 4.69) is 10.2 Å². The summed E-state index contributed by atoms with van der Waals surface area (Å²) < 4.78 is 5.38. The molecule has 0 bridgehead atoms. The van der Waals surface area contributed by atoms with Gasteiger partial charge in [0.2, 0.25) is 11.8 Å². The third-order valence-corrected chi connectivity index (χ3v) is 5.32. The fourth-order valence-corrected chi connectivity index (χ4v) is 3.67. The molecule has 0 radical (unpaired) electrons. The Hall–Kier alpha value is -2.70. The van der Waals surface area contributed by atoms with Gasteiger partial charge in [-0.3, -0.25) is 14.5 Å². The van der Waals surface area contributed by atoms with Crippen LogP contribution in [-0.2, 0) is 20.9 Å². The number of hydrogen-bond acceptors (Lipinski definition) is 4. The summed E-state index contributed by atoms with van der Waals surface area (Å²) in [5.74, 6) is -0.191. The van der Waals surface area contributed by atoms with E-state index in [0.29, 0.717) is 19.5 Å². The van der Waals surface area contributed by atoms with Gasteiger partial charge >= 0.3 is 0 Å². The van der Waals surface area contributed by atoms with Crippen molar-refractivity contribution in [1.82, 2.24) is 15.1 Å². The van der Waals surface area contributed by atoms with Gasteiger partial charge in [0.25, 0.3) is 0 Å². The van der Waals surface area contributed by atoms with Crippen molar-refractivity contribution in [1.29, 1.82) is 0 Å². The van der Waals surface area contributed by atoms with Gasteiger partial charge in [-0.25, -0.2) is 0 Å². The summed E-state index contributed by atoms with van der Waals surface area (Å²) in [6.07, 6.45) is 0.344. The minimum Gasteiger partial charge on any atom is -0.379 e. The molecule has 0 spiro atoms. The molecule has 160 valence electrons. The van der Waals surface area contributed by atoms with Crippen molar-refractivity contribution in [2.75, 3.05) is 39.4 Å². The Morgan fingerprint density at radius 3 is 2.30 bits per heavy atom. The Morgan fingerprint density at radius 1 is 1.03 bits per heavy atom. The second kappa shape index (κ2) is 11.5. The minimum atomic E-state index is -0.663. The fraction of sp³-hybridized carbons (Fsp3) is 0.417. The first-order valence-electron chi connectivity index (χ1n) is 10.6. The minimum absolute atomic E-state index is 0.0453. The molecule has 0 aromatic heterocycles. The molecule has 1 saturated heterocycles. The Balaban J connectivity index is 1.76. The predicted molar refractivity (Wildman–Crippen MR) is 117 cm³/mol. The van der Waals surface area contributed by atoms with E-state index in [-0.39, 0.29) is 11.8 Å². The maximum atomic E-state index is 13.3. The highest BCUT2D eigenvalue weighted by Crippen LogP contribution is 2.24. The third-order valence-electron chi connectivity index (χ3n) is 5.32. The zero-order chi connectivity index (χ0) is 21.2. The van der Waals surface area contributed by atoms with Gasteiger partial charge in [0.05, 0.1) is 13.2 Å². The van der Waals surface area contributed by atoms with Crippen LogP contribution in [0.1, 0.15) is 30.5 Å². The zero-order valence-corrected chi connectivity index (χ0v) is 17.6. The van der Waals surface area contributed by atoms with Crippen LogP contribution in [-0.4, -0.2) is 61.0 Å². The van der Waals surface area contributed by atoms with E-state index in [1.807, 2.05) is 67.6 Å². The average molecular weight is 410 g/mol. The summed E-state index contributed by atoms with van der Waals surface area (Å²) in [5, 5.41) is 3.06. The normalized spacial score (nSPS) is 15.4. The van der Waals surface area contributed by atoms with Crippen molar-refractivity contribution in [2.45, 2.75) is 25.9 Å². The topological polar surface area (TPSA) is 61.9 Å². The molecule has 1 unspecified atom stereocenters. The lowest BCUT2D eigenvalue weighted by Gasteiger charge is -2.32. The van der Waals surface area contributed by atoms with Crippen LogP contribution in [0, 0.1) is 0 Å². The van der Waals surface area contributed by atoms with Crippen LogP contribution in [0.3, 0.4) is 0 Å². The van der Waals surface area contributed by atoms with Gasteiger partial charge in [-0.05, 0) is 11.1 Å². The highest BCUT2D eigenvalue weighted by Gasteiger charge is 2.30. The predicted octanol–water partition coefficient (Wildman–Crippen LogP) is 2.61. The molecular weight excluding hydrogens is 378 g/mol. The van der Waals surface area contributed by atoms with E-state index in [1.165, 1.54) is 0 Å². The van der Waals surface area contributed by atoms with Gasteiger partial charge in [-0.1, -0.05) is 67.6 Å². The molecule has 1 aliphatic rings. The number of ether oxygens (including phenoxy) is 1.